The molecule has 2 aliphatic rings. The van der Waals surface area contributed by atoms with Gasteiger partial charge < -0.3 is 9.80 Å². The summed E-state index contributed by atoms with van der Waals surface area (Å²) in [6.45, 7) is 4.13. The van der Waals surface area contributed by atoms with Gasteiger partial charge in [0.25, 0.3) is 0 Å². The van der Waals surface area contributed by atoms with E-state index in [1.807, 2.05) is 34.1 Å². The number of benzene rings is 3. The molecule has 0 N–H and O–H groups in total. The fourth-order valence-electron chi connectivity index (χ4n) is 5.74. The smallest absolute Gasteiger partial charge is 0.348 e. The third-order valence-corrected chi connectivity index (χ3v) is 7.61. The van der Waals surface area contributed by atoms with Crippen LogP contribution in [0, 0.1) is 10.1 Å². The zero-order chi connectivity index (χ0) is 25.9. The predicted octanol–water partition coefficient (Wildman–Crippen LogP) is 4.86. The van der Waals surface area contributed by atoms with Gasteiger partial charge in [0.1, 0.15) is 6.33 Å². The van der Waals surface area contributed by atoms with Gasteiger partial charge in [-0.05, 0) is 28.7 Å². The first kappa shape index (κ1) is 24.1. The lowest BCUT2D eigenvalue weighted by molar-refractivity contribution is -0.383. The van der Waals surface area contributed by atoms with Crippen LogP contribution < -0.4 is 9.80 Å². The van der Waals surface area contributed by atoms with Crippen molar-refractivity contribution < 1.29 is 4.92 Å². The highest BCUT2D eigenvalue weighted by molar-refractivity contribution is 5.72. The minimum absolute atomic E-state index is 0.00278. The van der Waals surface area contributed by atoms with Gasteiger partial charge in [-0.15, -0.1) is 0 Å². The Hall–Kier alpha value is -4.30. The summed E-state index contributed by atoms with van der Waals surface area (Å²) in [5.41, 5.74) is 4.97. The number of rotatable bonds is 6. The fraction of sp³-hybridized carbons (Fsp3) is 0.267. The van der Waals surface area contributed by atoms with Crippen LogP contribution in [0.25, 0.3) is 0 Å². The highest BCUT2D eigenvalue weighted by Gasteiger charge is 2.34. The van der Waals surface area contributed by atoms with E-state index in [2.05, 4.69) is 75.5 Å². The van der Waals surface area contributed by atoms with Crippen molar-refractivity contribution in [2.24, 2.45) is 0 Å². The lowest BCUT2D eigenvalue weighted by atomic mass is 9.96. The molecule has 1 aromatic heterocycles. The summed E-state index contributed by atoms with van der Waals surface area (Å²) in [7, 11) is 0. The number of fused-ring (bicyclic) bond motifs is 1. The van der Waals surface area contributed by atoms with E-state index in [4.69, 9.17) is 0 Å². The number of hydrogen-bond acceptors (Lipinski definition) is 7. The Morgan fingerprint density at radius 3 is 1.84 bits per heavy atom. The highest BCUT2D eigenvalue weighted by Crippen LogP contribution is 2.37. The minimum atomic E-state index is -0.311. The van der Waals surface area contributed by atoms with E-state index >= 15 is 0 Å². The van der Waals surface area contributed by atoms with Gasteiger partial charge in [-0.1, -0.05) is 84.9 Å². The van der Waals surface area contributed by atoms with Crippen molar-refractivity contribution in [3.63, 3.8) is 0 Å². The fourth-order valence-corrected chi connectivity index (χ4v) is 5.74. The molecule has 0 radical (unpaired) electrons. The van der Waals surface area contributed by atoms with Crippen LogP contribution in [0.2, 0.25) is 0 Å². The van der Waals surface area contributed by atoms with Crippen LogP contribution >= 0.6 is 0 Å². The van der Waals surface area contributed by atoms with Crippen LogP contribution in [-0.4, -0.2) is 52.5 Å². The molecule has 2 aliphatic heterocycles. The van der Waals surface area contributed by atoms with E-state index in [-0.39, 0.29) is 16.7 Å². The van der Waals surface area contributed by atoms with Crippen LogP contribution in [0.1, 0.15) is 28.3 Å². The molecule has 4 aromatic rings. The van der Waals surface area contributed by atoms with Crippen LogP contribution in [-0.2, 0) is 13.0 Å². The summed E-state index contributed by atoms with van der Waals surface area (Å²) >= 11 is 0. The zero-order valence-corrected chi connectivity index (χ0v) is 21.2. The van der Waals surface area contributed by atoms with E-state index in [9.17, 15) is 10.1 Å². The molecule has 0 spiro atoms. The standard InChI is InChI=1S/C30H30N6O2/c37-36(38)28-29(31-22-32-30(28)35-16-15-23-9-7-8-14-26(23)21-35)34-19-17-33(18-20-34)27(24-10-3-1-4-11-24)25-12-5-2-6-13-25/h1-14,22,27H,15-21H2. The highest BCUT2D eigenvalue weighted by atomic mass is 16.6. The van der Waals surface area contributed by atoms with Crippen molar-refractivity contribution in [3.05, 3.63) is 124 Å². The molecule has 0 amide bonds. The number of nitrogens with zero attached hydrogens (tertiary/aromatic N) is 6. The molecule has 8 nitrogen and oxygen atoms in total. The first-order valence-corrected chi connectivity index (χ1v) is 13.1. The zero-order valence-electron chi connectivity index (χ0n) is 21.2. The summed E-state index contributed by atoms with van der Waals surface area (Å²) in [6, 6.07) is 29.5. The molecule has 6 rings (SSSR count). The van der Waals surface area contributed by atoms with E-state index in [0.717, 1.165) is 19.5 Å². The molecule has 8 heteroatoms. The van der Waals surface area contributed by atoms with Crippen LogP contribution in [0.5, 0.6) is 0 Å². The van der Waals surface area contributed by atoms with Crippen molar-refractivity contribution >= 4 is 17.3 Å². The maximum absolute atomic E-state index is 12.4. The molecule has 0 atom stereocenters. The third kappa shape index (κ3) is 4.70. The molecule has 3 aromatic carbocycles. The maximum atomic E-state index is 12.4. The molecule has 1 fully saturated rings. The SMILES string of the molecule is O=[N+]([O-])c1c(N2CCN(C(c3ccccc3)c3ccccc3)CC2)ncnc1N1CCc2ccccc2C1. The maximum Gasteiger partial charge on any atom is 0.353 e. The number of anilines is 2. The Kier molecular flexibility index (Phi) is 6.71. The average Bonchev–Trinajstić information content (AvgIpc) is 2.98. The molecule has 0 unspecified atom stereocenters. The van der Waals surface area contributed by atoms with Crippen molar-refractivity contribution in [2.45, 2.75) is 19.0 Å². The van der Waals surface area contributed by atoms with Crippen LogP contribution in [0.4, 0.5) is 17.3 Å². The van der Waals surface area contributed by atoms with E-state index in [1.165, 1.54) is 28.6 Å². The van der Waals surface area contributed by atoms with Gasteiger partial charge in [0.05, 0.1) is 11.0 Å². The molecule has 0 bridgehead atoms. The Bertz CT molecular complexity index is 1370. The topological polar surface area (TPSA) is 78.6 Å². The molecular formula is C30H30N6O2. The van der Waals surface area contributed by atoms with Gasteiger partial charge >= 0.3 is 5.69 Å². The predicted molar refractivity (Wildman–Crippen MR) is 148 cm³/mol. The second-order valence-corrected chi connectivity index (χ2v) is 9.81. The summed E-state index contributed by atoms with van der Waals surface area (Å²) in [5.74, 6) is 0.817. The molecular weight excluding hydrogens is 476 g/mol. The molecule has 1 saturated heterocycles. The number of hydrogen-bond donors (Lipinski definition) is 0. The van der Waals surface area contributed by atoms with Gasteiger partial charge in [0.2, 0.25) is 11.6 Å². The summed E-state index contributed by atoms with van der Waals surface area (Å²) in [4.78, 5) is 27.4. The van der Waals surface area contributed by atoms with E-state index in [0.29, 0.717) is 37.8 Å². The monoisotopic (exact) mass is 506 g/mol. The number of aromatic nitrogens is 2. The van der Waals surface area contributed by atoms with Crippen LogP contribution in [0.3, 0.4) is 0 Å². The Balaban J connectivity index is 1.25. The van der Waals surface area contributed by atoms with Crippen molar-refractivity contribution in [1.82, 2.24) is 14.9 Å². The van der Waals surface area contributed by atoms with E-state index < -0.39 is 0 Å². The van der Waals surface area contributed by atoms with E-state index in [1.54, 1.807) is 0 Å². The first-order chi connectivity index (χ1) is 18.7. The van der Waals surface area contributed by atoms with Gasteiger partial charge in [0, 0.05) is 39.3 Å². The van der Waals surface area contributed by atoms with Gasteiger partial charge in [-0.2, -0.15) is 0 Å². The molecule has 3 heterocycles. The van der Waals surface area contributed by atoms with Crippen molar-refractivity contribution in [1.29, 1.82) is 0 Å². The quantitative estimate of drug-likeness (QED) is 0.273. The Labute approximate surface area is 222 Å². The number of nitro groups is 1. The second-order valence-electron chi connectivity index (χ2n) is 9.81. The van der Waals surface area contributed by atoms with Gasteiger partial charge in [0.15, 0.2) is 0 Å². The largest absolute Gasteiger partial charge is 0.353 e. The van der Waals surface area contributed by atoms with Crippen LogP contribution in [0.15, 0.2) is 91.3 Å². The van der Waals surface area contributed by atoms with Gasteiger partial charge in [-0.3, -0.25) is 15.0 Å². The van der Waals surface area contributed by atoms with Crippen molar-refractivity contribution in [3.8, 4) is 0 Å². The lowest BCUT2D eigenvalue weighted by Crippen LogP contribution is -2.48. The first-order valence-electron chi connectivity index (χ1n) is 13.1. The molecule has 0 aliphatic carbocycles. The third-order valence-electron chi connectivity index (χ3n) is 7.61. The average molecular weight is 507 g/mol. The normalized spacial score (nSPS) is 15.9. The molecule has 192 valence electrons. The molecule has 0 saturated carbocycles. The summed E-state index contributed by atoms with van der Waals surface area (Å²) in [5, 5.41) is 12.4. The van der Waals surface area contributed by atoms with Crippen molar-refractivity contribution in [2.75, 3.05) is 42.5 Å². The summed E-state index contributed by atoms with van der Waals surface area (Å²) in [6.07, 6.45) is 2.31. The summed E-state index contributed by atoms with van der Waals surface area (Å²) < 4.78 is 0. The molecule has 38 heavy (non-hydrogen) atoms. The lowest BCUT2D eigenvalue weighted by Gasteiger charge is -2.40. The minimum Gasteiger partial charge on any atom is -0.348 e. The second kappa shape index (κ2) is 10.6. The van der Waals surface area contributed by atoms with Gasteiger partial charge in [-0.25, -0.2) is 9.97 Å². The Morgan fingerprint density at radius 2 is 1.24 bits per heavy atom. The number of piperazine rings is 1. The Morgan fingerprint density at radius 1 is 0.684 bits per heavy atom.